The van der Waals surface area contributed by atoms with E-state index >= 15 is 0 Å². The minimum absolute atomic E-state index is 0.0537. The van der Waals surface area contributed by atoms with Crippen LogP contribution in [0.4, 0.5) is 0 Å². The third kappa shape index (κ3) is 4.36. The molecule has 2 heterocycles. The minimum Gasteiger partial charge on any atom is -0.342 e. The molecule has 0 N–H and O–H groups in total. The van der Waals surface area contributed by atoms with Crippen molar-refractivity contribution < 1.29 is 9.59 Å². The van der Waals surface area contributed by atoms with Crippen LogP contribution in [0.5, 0.6) is 0 Å². The summed E-state index contributed by atoms with van der Waals surface area (Å²) in [5, 5.41) is 0. The molecule has 2 aliphatic rings. The first kappa shape index (κ1) is 19.9. The zero-order valence-corrected chi connectivity index (χ0v) is 17.1. The lowest BCUT2D eigenvalue weighted by Gasteiger charge is -2.43. The number of likely N-dealkylation sites (tertiary alicyclic amines) is 2. The first-order valence-electron chi connectivity index (χ1n) is 10.5. The van der Waals surface area contributed by atoms with E-state index in [9.17, 15) is 9.59 Å². The summed E-state index contributed by atoms with van der Waals surface area (Å²) >= 11 is 0. The van der Waals surface area contributed by atoms with E-state index in [0.717, 1.165) is 51.7 Å². The average molecular weight is 371 g/mol. The Morgan fingerprint density at radius 3 is 2.41 bits per heavy atom. The van der Waals surface area contributed by atoms with Crippen molar-refractivity contribution in [3.63, 3.8) is 0 Å². The molecular weight excluding hydrogens is 336 g/mol. The molecule has 1 aromatic rings. The maximum absolute atomic E-state index is 13.5. The molecule has 2 aliphatic heterocycles. The van der Waals surface area contributed by atoms with Crippen LogP contribution in [0.15, 0.2) is 30.3 Å². The molecule has 3 rings (SSSR count). The smallest absolute Gasteiger partial charge is 0.229 e. The predicted molar refractivity (Wildman–Crippen MR) is 108 cm³/mol. The molecule has 0 aromatic heterocycles. The van der Waals surface area contributed by atoms with Gasteiger partial charge >= 0.3 is 0 Å². The van der Waals surface area contributed by atoms with Crippen molar-refractivity contribution in [2.24, 2.45) is 17.3 Å². The van der Waals surface area contributed by atoms with Crippen LogP contribution in [0, 0.1) is 17.3 Å². The SMILES string of the molecule is CC(C)C(=O)N1CCC([C@]2(C)CCCCN(Cc3ccccc3)C2=O)CC1. The van der Waals surface area contributed by atoms with Crippen LogP contribution in [0.25, 0.3) is 0 Å². The van der Waals surface area contributed by atoms with E-state index in [0.29, 0.717) is 18.4 Å². The van der Waals surface area contributed by atoms with Crippen molar-refractivity contribution in [1.29, 1.82) is 0 Å². The molecule has 0 unspecified atom stereocenters. The van der Waals surface area contributed by atoms with Gasteiger partial charge in [0.2, 0.25) is 11.8 Å². The van der Waals surface area contributed by atoms with Gasteiger partial charge in [-0.15, -0.1) is 0 Å². The second kappa shape index (κ2) is 8.45. The molecule has 1 aromatic carbocycles. The van der Waals surface area contributed by atoms with Crippen LogP contribution in [-0.2, 0) is 16.1 Å². The van der Waals surface area contributed by atoms with Crippen molar-refractivity contribution in [2.75, 3.05) is 19.6 Å². The highest BCUT2D eigenvalue weighted by atomic mass is 16.2. The molecule has 2 saturated heterocycles. The molecule has 4 heteroatoms. The molecule has 0 saturated carbocycles. The fourth-order valence-corrected chi connectivity index (χ4v) is 4.80. The van der Waals surface area contributed by atoms with E-state index in [4.69, 9.17) is 0 Å². The Balaban J connectivity index is 1.69. The highest BCUT2D eigenvalue weighted by Crippen LogP contribution is 2.43. The number of rotatable bonds is 4. The molecule has 0 aliphatic carbocycles. The lowest BCUT2D eigenvalue weighted by Crippen LogP contribution is -2.49. The summed E-state index contributed by atoms with van der Waals surface area (Å²) < 4.78 is 0. The third-order valence-electron chi connectivity index (χ3n) is 6.57. The van der Waals surface area contributed by atoms with Gasteiger partial charge in [-0.1, -0.05) is 57.5 Å². The first-order chi connectivity index (χ1) is 12.9. The second-order valence-corrected chi connectivity index (χ2v) is 8.84. The van der Waals surface area contributed by atoms with Gasteiger partial charge < -0.3 is 9.80 Å². The molecule has 2 fully saturated rings. The van der Waals surface area contributed by atoms with E-state index in [-0.39, 0.29) is 17.2 Å². The molecule has 148 valence electrons. The maximum Gasteiger partial charge on any atom is 0.229 e. The zero-order valence-electron chi connectivity index (χ0n) is 17.1. The van der Waals surface area contributed by atoms with E-state index in [2.05, 4.69) is 24.0 Å². The zero-order chi connectivity index (χ0) is 19.4. The van der Waals surface area contributed by atoms with Crippen molar-refractivity contribution in [3.8, 4) is 0 Å². The molecule has 4 nitrogen and oxygen atoms in total. The number of carbonyl (C=O) groups is 2. The predicted octanol–water partition coefficient (Wildman–Crippen LogP) is 4.10. The topological polar surface area (TPSA) is 40.6 Å². The summed E-state index contributed by atoms with van der Waals surface area (Å²) in [5.41, 5.74) is 0.908. The summed E-state index contributed by atoms with van der Waals surface area (Å²) in [4.78, 5) is 29.9. The van der Waals surface area contributed by atoms with Gasteiger partial charge in [-0.05, 0) is 37.2 Å². The normalized spacial score (nSPS) is 25.0. The Bertz CT molecular complexity index is 650. The van der Waals surface area contributed by atoms with E-state index in [1.165, 1.54) is 5.56 Å². The molecule has 0 radical (unpaired) electrons. The summed E-state index contributed by atoms with van der Waals surface area (Å²) in [5.74, 6) is 0.990. The van der Waals surface area contributed by atoms with Crippen molar-refractivity contribution in [3.05, 3.63) is 35.9 Å². The highest BCUT2D eigenvalue weighted by molar-refractivity contribution is 5.83. The van der Waals surface area contributed by atoms with Crippen LogP contribution < -0.4 is 0 Å². The fourth-order valence-electron chi connectivity index (χ4n) is 4.80. The number of amides is 2. The maximum atomic E-state index is 13.5. The van der Waals surface area contributed by atoms with Crippen LogP contribution >= 0.6 is 0 Å². The minimum atomic E-state index is -0.293. The number of carbonyl (C=O) groups excluding carboxylic acids is 2. The van der Waals surface area contributed by atoms with Crippen LogP contribution in [0.2, 0.25) is 0 Å². The van der Waals surface area contributed by atoms with Gasteiger partial charge in [0.15, 0.2) is 0 Å². The Morgan fingerprint density at radius 2 is 1.78 bits per heavy atom. The molecule has 0 bridgehead atoms. The van der Waals surface area contributed by atoms with Crippen LogP contribution in [0.3, 0.4) is 0 Å². The first-order valence-corrected chi connectivity index (χ1v) is 10.5. The summed E-state index contributed by atoms with van der Waals surface area (Å²) in [6.07, 6.45) is 5.05. The third-order valence-corrected chi connectivity index (χ3v) is 6.57. The Morgan fingerprint density at radius 1 is 1.11 bits per heavy atom. The van der Waals surface area contributed by atoms with Crippen molar-refractivity contribution >= 4 is 11.8 Å². The van der Waals surface area contributed by atoms with E-state index in [1.807, 2.05) is 36.9 Å². The Hall–Kier alpha value is -1.84. The van der Waals surface area contributed by atoms with E-state index < -0.39 is 0 Å². The largest absolute Gasteiger partial charge is 0.342 e. The lowest BCUT2D eigenvalue weighted by atomic mass is 9.69. The quantitative estimate of drug-likeness (QED) is 0.800. The van der Waals surface area contributed by atoms with Gasteiger partial charge in [0, 0.05) is 37.5 Å². The molecule has 2 amide bonds. The second-order valence-electron chi connectivity index (χ2n) is 8.84. The van der Waals surface area contributed by atoms with Gasteiger partial charge in [-0.2, -0.15) is 0 Å². The average Bonchev–Trinajstić information content (AvgIpc) is 2.82. The lowest BCUT2D eigenvalue weighted by molar-refractivity contribution is -0.146. The molecule has 27 heavy (non-hydrogen) atoms. The van der Waals surface area contributed by atoms with Gasteiger partial charge in [0.25, 0.3) is 0 Å². The van der Waals surface area contributed by atoms with Crippen molar-refractivity contribution in [1.82, 2.24) is 9.80 Å². The van der Waals surface area contributed by atoms with Crippen LogP contribution in [0.1, 0.15) is 58.4 Å². The van der Waals surface area contributed by atoms with E-state index in [1.54, 1.807) is 0 Å². The molecule has 0 spiro atoms. The fraction of sp³-hybridized carbons (Fsp3) is 0.652. The highest BCUT2D eigenvalue weighted by Gasteiger charge is 2.45. The summed E-state index contributed by atoms with van der Waals surface area (Å²) in [6, 6.07) is 10.3. The van der Waals surface area contributed by atoms with Gasteiger partial charge in [-0.25, -0.2) is 0 Å². The van der Waals surface area contributed by atoms with Gasteiger partial charge in [0.05, 0.1) is 0 Å². The standard InChI is InChI=1S/C23H34N2O2/c1-18(2)21(26)24-15-11-20(12-16-24)23(3)13-7-8-14-25(22(23)27)17-19-9-5-4-6-10-19/h4-6,9-10,18,20H,7-8,11-17H2,1-3H3/t23-/m0/s1. The number of nitrogens with zero attached hydrogens (tertiary/aromatic N) is 2. The number of benzene rings is 1. The number of piperidine rings is 1. The van der Waals surface area contributed by atoms with Crippen molar-refractivity contribution in [2.45, 2.75) is 59.4 Å². The number of hydrogen-bond donors (Lipinski definition) is 0. The van der Waals surface area contributed by atoms with Gasteiger partial charge in [0.1, 0.15) is 0 Å². The summed E-state index contributed by atoms with van der Waals surface area (Å²) in [6.45, 7) is 9.27. The van der Waals surface area contributed by atoms with Crippen LogP contribution in [-0.4, -0.2) is 41.2 Å². The molecular formula is C23H34N2O2. The Labute approximate surface area is 163 Å². The van der Waals surface area contributed by atoms with Gasteiger partial charge in [-0.3, -0.25) is 9.59 Å². The monoisotopic (exact) mass is 370 g/mol. The summed E-state index contributed by atoms with van der Waals surface area (Å²) in [7, 11) is 0. The number of hydrogen-bond acceptors (Lipinski definition) is 2. The molecule has 1 atom stereocenters. The Kier molecular flexibility index (Phi) is 6.23.